The Hall–Kier alpha value is -2.92. The summed E-state index contributed by atoms with van der Waals surface area (Å²) in [5.74, 6) is -0.318. The minimum atomic E-state index is -0.318. The Bertz CT molecular complexity index is 968. The highest BCUT2D eigenvalue weighted by Crippen LogP contribution is 2.20. The standard InChI is InChI=1S/C19H16ClN3O2/c1-13-7-8-15(20)9-16(13)22-18(24)11-23-12-21-17(10-19(23)25)14-5-3-2-4-6-14/h2-10,12H,11H2,1H3,(H,22,24). The van der Waals surface area contributed by atoms with Crippen molar-refractivity contribution in [3.63, 3.8) is 0 Å². The van der Waals surface area contributed by atoms with Crippen molar-refractivity contribution in [2.45, 2.75) is 13.5 Å². The van der Waals surface area contributed by atoms with Gasteiger partial charge in [0.15, 0.2) is 0 Å². The van der Waals surface area contributed by atoms with Gasteiger partial charge in [0.05, 0.1) is 12.0 Å². The van der Waals surface area contributed by atoms with Gasteiger partial charge in [0, 0.05) is 22.3 Å². The van der Waals surface area contributed by atoms with Crippen molar-refractivity contribution in [1.82, 2.24) is 9.55 Å². The number of rotatable bonds is 4. The summed E-state index contributed by atoms with van der Waals surface area (Å²) in [5.41, 5.74) is 2.66. The monoisotopic (exact) mass is 353 g/mol. The van der Waals surface area contributed by atoms with Crippen molar-refractivity contribution in [2.24, 2.45) is 0 Å². The number of amides is 1. The zero-order chi connectivity index (χ0) is 17.8. The second kappa shape index (κ2) is 7.32. The molecule has 2 aromatic carbocycles. The van der Waals surface area contributed by atoms with Crippen LogP contribution in [-0.2, 0) is 11.3 Å². The molecule has 0 spiro atoms. The quantitative estimate of drug-likeness (QED) is 0.780. The van der Waals surface area contributed by atoms with Crippen molar-refractivity contribution in [3.05, 3.63) is 81.9 Å². The van der Waals surface area contributed by atoms with Crippen LogP contribution in [0.3, 0.4) is 0 Å². The second-order valence-corrected chi connectivity index (χ2v) is 6.05. The molecule has 0 atom stereocenters. The van der Waals surface area contributed by atoms with Crippen molar-refractivity contribution >= 4 is 23.2 Å². The van der Waals surface area contributed by atoms with Crippen LogP contribution in [0.5, 0.6) is 0 Å². The van der Waals surface area contributed by atoms with E-state index in [1.165, 1.54) is 17.0 Å². The van der Waals surface area contributed by atoms with Gasteiger partial charge in [0.25, 0.3) is 5.56 Å². The maximum absolute atomic E-state index is 12.2. The second-order valence-electron chi connectivity index (χ2n) is 5.61. The fourth-order valence-electron chi connectivity index (χ4n) is 2.38. The Labute approximate surface area is 149 Å². The molecule has 0 unspecified atom stereocenters. The van der Waals surface area contributed by atoms with E-state index in [2.05, 4.69) is 10.3 Å². The average molecular weight is 354 g/mol. The summed E-state index contributed by atoms with van der Waals surface area (Å²) in [6.07, 6.45) is 1.38. The van der Waals surface area contributed by atoms with E-state index in [1.54, 1.807) is 12.1 Å². The molecule has 1 N–H and O–H groups in total. The van der Waals surface area contributed by atoms with Gasteiger partial charge in [-0.1, -0.05) is 48.0 Å². The molecule has 1 aromatic heterocycles. The van der Waals surface area contributed by atoms with Gasteiger partial charge in [-0.2, -0.15) is 0 Å². The molecule has 126 valence electrons. The minimum absolute atomic E-state index is 0.118. The number of nitrogens with zero attached hydrogens (tertiary/aromatic N) is 2. The van der Waals surface area contributed by atoms with Gasteiger partial charge < -0.3 is 5.32 Å². The zero-order valence-electron chi connectivity index (χ0n) is 13.6. The Kier molecular flexibility index (Phi) is 4.95. The Morgan fingerprint density at radius 1 is 1.16 bits per heavy atom. The van der Waals surface area contributed by atoms with Gasteiger partial charge in [-0.3, -0.25) is 14.2 Å². The van der Waals surface area contributed by atoms with Crippen LogP contribution in [0.1, 0.15) is 5.56 Å². The lowest BCUT2D eigenvalue weighted by Gasteiger charge is -2.10. The third-order valence-electron chi connectivity index (χ3n) is 3.74. The molecule has 3 rings (SSSR count). The summed E-state index contributed by atoms with van der Waals surface area (Å²) in [7, 11) is 0. The van der Waals surface area contributed by atoms with E-state index in [0.717, 1.165) is 11.1 Å². The van der Waals surface area contributed by atoms with Crippen molar-refractivity contribution in [1.29, 1.82) is 0 Å². The molecule has 0 saturated carbocycles. The molecular formula is C19H16ClN3O2. The van der Waals surface area contributed by atoms with Crippen LogP contribution in [0.2, 0.25) is 5.02 Å². The van der Waals surface area contributed by atoms with Gasteiger partial charge in [0.1, 0.15) is 6.54 Å². The molecule has 25 heavy (non-hydrogen) atoms. The van der Waals surface area contributed by atoms with Gasteiger partial charge in [0.2, 0.25) is 5.91 Å². The summed E-state index contributed by atoms with van der Waals surface area (Å²) in [4.78, 5) is 28.7. The fourth-order valence-corrected chi connectivity index (χ4v) is 2.56. The first-order valence-electron chi connectivity index (χ1n) is 7.71. The maximum Gasteiger partial charge on any atom is 0.254 e. The van der Waals surface area contributed by atoms with Crippen LogP contribution < -0.4 is 10.9 Å². The van der Waals surface area contributed by atoms with Crippen LogP contribution in [0.25, 0.3) is 11.3 Å². The molecule has 6 heteroatoms. The topological polar surface area (TPSA) is 64.0 Å². The Morgan fingerprint density at radius 2 is 1.92 bits per heavy atom. The van der Waals surface area contributed by atoms with E-state index in [4.69, 9.17) is 11.6 Å². The summed E-state index contributed by atoms with van der Waals surface area (Å²) < 4.78 is 1.27. The van der Waals surface area contributed by atoms with E-state index in [9.17, 15) is 9.59 Å². The van der Waals surface area contributed by atoms with Crippen LogP contribution in [0.4, 0.5) is 5.69 Å². The van der Waals surface area contributed by atoms with Crippen LogP contribution in [0.15, 0.2) is 65.7 Å². The molecule has 0 aliphatic carbocycles. The summed E-state index contributed by atoms with van der Waals surface area (Å²) >= 11 is 5.94. The summed E-state index contributed by atoms with van der Waals surface area (Å²) in [6, 6.07) is 16.1. The number of nitrogens with one attached hydrogen (secondary N) is 1. The number of anilines is 1. The van der Waals surface area contributed by atoms with E-state index in [0.29, 0.717) is 16.4 Å². The molecule has 0 fully saturated rings. The predicted molar refractivity (Wildman–Crippen MR) is 98.8 cm³/mol. The number of hydrogen-bond acceptors (Lipinski definition) is 3. The SMILES string of the molecule is Cc1ccc(Cl)cc1NC(=O)Cn1cnc(-c2ccccc2)cc1=O. The lowest BCUT2D eigenvalue weighted by atomic mass is 10.1. The normalized spacial score (nSPS) is 10.5. The lowest BCUT2D eigenvalue weighted by molar-refractivity contribution is -0.116. The van der Waals surface area contributed by atoms with Crippen molar-refractivity contribution in [2.75, 3.05) is 5.32 Å². The highest BCUT2D eigenvalue weighted by atomic mass is 35.5. The van der Waals surface area contributed by atoms with Crippen LogP contribution in [0, 0.1) is 6.92 Å². The predicted octanol–water partition coefficient (Wildman–Crippen LogP) is 3.51. The van der Waals surface area contributed by atoms with Crippen molar-refractivity contribution < 1.29 is 4.79 Å². The molecule has 0 radical (unpaired) electrons. The van der Waals surface area contributed by atoms with Crippen LogP contribution in [-0.4, -0.2) is 15.5 Å². The molecule has 1 amide bonds. The number of hydrogen-bond donors (Lipinski definition) is 1. The molecule has 0 bridgehead atoms. The number of carbonyl (C=O) groups is 1. The fraction of sp³-hybridized carbons (Fsp3) is 0.105. The summed E-state index contributed by atoms with van der Waals surface area (Å²) in [5, 5.41) is 3.30. The molecule has 1 heterocycles. The van der Waals surface area contributed by atoms with E-state index >= 15 is 0 Å². The minimum Gasteiger partial charge on any atom is -0.324 e. The number of aryl methyl sites for hydroxylation is 1. The number of benzene rings is 2. The van der Waals surface area contributed by atoms with Gasteiger partial charge in [-0.05, 0) is 24.6 Å². The smallest absolute Gasteiger partial charge is 0.254 e. The van der Waals surface area contributed by atoms with Gasteiger partial charge in [-0.25, -0.2) is 4.98 Å². The largest absolute Gasteiger partial charge is 0.324 e. The molecule has 0 saturated heterocycles. The Morgan fingerprint density at radius 3 is 2.64 bits per heavy atom. The maximum atomic E-state index is 12.2. The summed E-state index contributed by atoms with van der Waals surface area (Å²) in [6.45, 7) is 1.75. The van der Waals surface area contributed by atoms with E-state index in [-0.39, 0.29) is 18.0 Å². The van der Waals surface area contributed by atoms with Gasteiger partial charge >= 0.3 is 0 Å². The lowest BCUT2D eigenvalue weighted by Crippen LogP contribution is -2.27. The van der Waals surface area contributed by atoms with Crippen LogP contribution >= 0.6 is 11.6 Å². The highest BCUT2D eigenvalue weighted by molar-refractivity contribution is 6.31. The van der Waals surface area contributed by atoms with E-state index < -0.39 is 0 Å². The molecule has 5 nitrogen and oxygen atoms in total. The number of aromatic nitrogens is 2. The Balaban J connectivity index is 1.76. The molecular weight excluding hydrogens is 338 g/mol. The highest BCUT2D eigenvalue weighted by Gasteiger charge is 2.09. The zero-order valence-corrected chi connectivity index (χ0v) is 14.3. The first-order valence-corrected chi connectivity index (χ1v) is 8.08. The van der Waals surface area contributed by atoms with Gasteiger partial charge in [-0.15, -0.1) is 0 Å². The van der Waals surface area contributed by atoms with E-state index in [1.807, 2.05) is 43.3 Å². The van der Waals surface area contributed by atoms with Crippen molar-refractivity contribution in [3.8, 4) is 11.3 Å². The molecule has 0 aliphatic heterocycles. The number of carbonyl (C=O) groups excluding carboxylic acids is 1. The first kappa shape index (κ1) is 16.9. The third-order valence-corrected chi connectivity index (χ3v) is 3.97. The molecule has 0 aliphatic rings. The first-order chi connectivity index (χ1) is 12.0. The average Bonchev–Trinajstić information content (AvgIpc) is 2.60. The molecule has 3 aromatic rings. The third kappa shape index (κ3) is 4.14. The number of halogens is 1.